The Morgan fingerprint density at radius 2 is 1.91 bits per heavy atom. The molecule has 11 heavy (non-hydrogen) atoms. The van der Waals surface area contributed by atoms with Crippen LogP contribution in [0.5, 0.6) is 0 Å². The molecule has 1 aromatic carbocycles. The van der Waals surface area contributed by atoms with Crippen molar-refractivity contribution >= 4 is 18.6 Å². The highest BCUT2D eigenvalue weighted by Gasteiger charge is 2.02. The normalized spacial score (nSPS) is 9.18. The minimum atomic E-state index is -0.333. The molecule has 0 saturated carbocycles. The Balaban J connectivity index is 2.90. The molecule has 1 rings (SSSR count). The summed E-state index contributed by atoms with van der Waals surface area (Å²) in [6.45, 7) is 0. The lowest BCUT2D eigenvalue weighted by molar-refractivity contribution is 0.0600. The second-order valence-electron chi connectivity index (χ2n) is 2.02. The van der Waals surface area contributed by atoms with Crippen LogP contribution in [0.3, 0.4) is 0 Å². The number of rotatable bonds is 1. The third-order valence-corrected chi connectivity index (χ3v) is 1.55. The van der Waals surface area contributed by atoms with Crippen molar-refractivity contribution in [2.75, 3.05) is 7.11 Å². The second-order valence-corrected chi connectivity index (χ2v) is 2.49. The molecule has 0 heterocycles. The van der Waals surface area contributed by atoms with Crippen molar-refractivity contribution in [3.8, 4) is 0 Å². The van der Waals surface area contributed by atoms with Gasteiger partial charge in [0, 0.05) is 4.90 Å². The first-order valence-corrected chi connectivity index (χ1v) is 3.50. The molecule has 0 amide bonds. The molecule has 1 aromatic rings. The van der Waals surface area contributed by atoms with E-state index in [2.05, 4.69) is 4.74 Å². The van der Waals surface area contributed by atoms with Crippen LogP contribution in [-0.4, -0.2) is 13.1 Å². The van der Waals surface area contributed by atoms with Crippen molar-refractivity contribution in [1.29, 1.82) is 0 Å². The second kappa shape index (κ2) is 3.34. The van der Waals surface area contributed by atoms with Crippen LogP contribution in [0.25, 0.3) is 0 Å². The van der Waals surface area contributed by atoms with Crippen molar-refractivity contribution in [2.45, 2.75) is 4.90 Å². The van der Waals surface area contributed by atoms with E-state index >= 15 is 0 Å². The highest BCUT2D eigenvalue weighted by atomic mass is 32.1. The van der Waals surface area contributed by atoms with Crippen molar-refractivity contribution in [3.05, 3.63) is 29.8 Å². The Labute approximate surface area is 70.6 Å². The molecule has 0 N–H and O–H groups in total. The minimum absolute atomic E-state index is 0.333. The number of methoxy groups -OCH3 is 1. The highest BCUT2D eigenvalue weighted by molar-refractivity contribution is 7.80. The van der Waals surface area contributed by atoms with E-state index in [1.54, 1.807) is 24.3 Å². The Bertz CT molecular complexity index is 253. The molecule has 57 valence electrons. The Hall–Kier alpha value is -1.09. The van der Waals surface area contributed by atoms with E-state index in [0.29, 0.717) is 5.56 Å². The fourth-order valence-corrected chi connectivity index (χ4v) is 0.845. The third-order valence-electron chi connectivity index (χ3n) is 1.28. The van der Waals surface area contributed by atoms with Gasteiger partial charge in [0.25, 0.3) is 0 Å². The van der Waals surface area contributed by atoms with Crippen LogP contribution in [0.4, 0.5) is 0 Å². The van der Waals surface area contributed by atoms with Crippen LogP contribution in [0.1, 0.15) is 10.4 Å². The molecular formula is C8H7O2S. The first-order chi connectivity index (χ1) is 5.24. The number of hydrogen-bond acceptors (Lipinski definition) is 2. The topological polar surface area (TPSA) is 26.3 Å². The van der Waals surface area contributed by atoms with Crippen molar-refractivity contribution < 1.29 is 9.53 Å². The lowest BCUT2D eigenvalue weighted by atomic mass is 10.2. The number of hydrogen-bond donors (Lipinski definition) is 0. The molecule has 0 atom stereocenters. The maximum atomic E-state index is 10.9. The van der Waals surface area contributed by atoms with Gasteiger partial charge in [-0.15, -0.1) is 0 Å². The van der Waals surface area contributed by atoms with Crippen molar-refractivity contribution in [1.82, 2.24) is 0 Å². The van der Waals surface area contributed by atoms with Crippen LogP contribution in [0.15, 0.2) is 29.2 Å². The molecule has 2 nitrogen and oxygen atoms in total. The summed E-state index contributed by atoms with van der Waals surface area (Å²) in [6, 6.07) is 6.69. The molecule has 0 aliphatic rings. The number of benzene rings is 1. The molecule has 0 aromatic heterocycles. The van der Waals surface area contributed by atoms with Gasteiger partial charge in [-0.05, 0) is 24.3 Å². The van der Waals surface area contributed by atoms with E-state index in [1.807, 2.05) is 0 Å². The van der Waals surface area contributed by atoms with Gasteiger partial charge in [0.15, 0.2) is 0 Å². The molecule has 0 unspecified atom stereocenters. The number of carbonyl (C=O) groups excluding carboxylic acids is 1. The smallest absolute Gasteiger partial charge is 0.337 e. The SMILES string of the molecule is COC(=O)c1ccc([S])cc1. The zero-order chi connectivity index (χ0) is 8.27. The number of carbonyl (C=O) groups is 1. The van der Waals surface area contributed by atoms with E-state index in [0.717, 1.165) is 4.90 Å². The first-order valence-electron chi connectivity index (χ1n) is 3.09. The standard InChI is InChI=1S/C8H7O2S/c1-10-8(9)6-2-4-7(11)5-3-6/h2-5H,1H3. The van der Waals surface area contributed by atoms with Crippen LogP contribution in [0.2, 0.25) is 0 Å². The van der Waals surface area contributed by atoms with Gasteiger partial charge < -0.3 is 4.74 Å². The van der Waals surface area contributed by atoms with Crippen LogP contribution >= 0.6 is 12.6 Å². The van der Waals surface area contributed by atoms with Gasteiger partial charge in [-0.25, -0.2) is 4.79 Å². The lowest BCUT2D eigenvalue weighted by Crippen LogP contribution is -1.99. The molecular weight excluding hydrogens is 160 g/mol. The summed E-state index contributed by atoms with van der Waals surface area (Å²) >= 11 is 4.84. The molecule has 0 aliphatic heterocycles. The van der Waals surface area contributed by atoms with E-state index in [-0.39, 0.29) is 5.97 Å². The summed E-state index contributed by atoms with van der Waals surface area (Å²) in [4.78, 5) is 11.6. The Morgan fingerprint density at radius 3 is 2.36 bits per heavy atom. The van der Waals surface area contributed by atoms with E-state index in [9.17, 15) is 4.79 Å². The zero-order valence-electron chi connectivity index (χ0n) is 6.03. The van der Waals surface area contributed by atoms with Gasteiger partial charge in [0.2, 0.25) is 0 Å². The van der Waals surface area contributed by atoms with E-state index in [1.165, 1.54) is 7.11 Å². The summed E-state index contributed by atoms with van der Waals surface area (Å²) in [5, 5.41) is 0. The van der Waals surface area contributed by atoms with Gasteiger partial charge in [0.05, 0.1) is 12.7 Å². The maximum absolute atomic E-state index is 10.9. The molecule has 0 aliphatic carbocycles. The first kappa shape index (κ1) is 8.01. The van der Waals surface area contributed by atoms with E-state index in [4.69, 9.17) is 12.6 Å². The predicted octanol–water partition coefficient (Wildman–Crippen LogP) is 2.03. The van der Waals surface area contributed by atoms with Crippen molar-refractivity contribution in [2.24, 2.45) is 0 Å². The molecule has 0 bridgehead atoms. The maximum Gasteiger partial charge on any atom is 0.337 e. The van der Waals surface area contributed by atoms with Gasteiger partial charge in [0.1, 0.15) is 0 Å². The Kier molecular flexibility index (Phi) is 2.44. The largest absolute Gasteiger partial charge is 0.465 e. The average molecular weight is 167 g/mol. The quantitative estimate of drug-likeness (QED) is 0.598. The number of ether oxygens (including phenoxy) is 1. The van der Waals surface area contributed by atoms with Gasteiger partial charge >= 0.3 is 5.97 Å². The van der Waals surface area contributed by atoms with Crippen LogP contribution < -0.4 is 0 Å². The van der Waals surface area contributed by atoms with Crippen molar-refractivity contribution in [3.63, 3.8) is 0 Å². The highest BCUT2D eigenvalue weighted by Crippen LogP contribution is 2.08. The Morgan fingerprint density at radius 1 is 1.36 bits per heavy atom. The predicted molar refractivity (Wildman–Crippen MR) is 43.6 cm³/mol. The van der Waals surface area contributed by atoms with Gasteiger partial charge in [-0.1, -0.05) is 12.6 Å². The molecule has 1 radical (unpaired) electrons. The molecule has 0 saturated heterocycles. The summed E-state index contributed by atoms with van der Waals surface area (Å²) in [5.74, 6) is -0.333. The summed E-state index contributed by atoms with van der Waals surface area (Å²) in [5.41, 5.74) is 0.529. The fraction of sp³-hybridized carbons (Fsp3) is 0.125. The third kappa shape index (κ3) is 1.91. The monoisotopic (exact) mass is 167 g/mol. The van der Waals surface area contributed by atoms with Gasteiger partial charge in [-0.3, -0.25) is 0 Å². The van der Waals surface area contributed by atoms with Crippen LogP contribution in [-0.2, 0) is 4.74 Å². The minimum Gasteiger partial charge on any atom is -0.465 e. The average Bonchev–Trinajstić information content (AvgIpc) is 2.05. The number of esters is 1. The summed E-state index contributed by atoms with van der Waals surface area (Å²) in [6.07, 6.45) is 0. The summed E-state index contributed by atoms with van der Waals surface area (Å²) in [7, 11) is 1.35. The fourth-order valence-electron chi connectivity index (χ4n) is 0.709. The zero-order valence-corrected chi connectivity index (χ0v) is 6.85. The lowest BCUT2D eigenvalue weighted by Gasteiger charge is -1.97. The van der Waals surface area contributed by atoms with Crippen LogP contribution in [0, 0.1) is 0 Å². The van der Waals surface area contributed by atoms with E-state index < -0.39 is 0 Å². The summed E-state index contributed by atoms with van der Waals surface area (Å²) < 4.78 is 4.50. The van der Waals surface area contributed by atoms with Gasteiger partial charge in [-0.2, -0.15) is 0 Å². The molecule has 0 spiro atoms. The molecule has 0 fully saturated rings. The molecule has 3 heteroatoms.